The number of allylic oxidation sites excluding steroid dienone is 1. The molecule has 3 N–H and O–H groups in total. The van der Waals surface area contributed by atoms with Crippen molar-refractivity contribution in [2.75, 3.05) is 13.1 Å². The predicted octanol–water partition coefficient (Wildman–Crippen LogP) is 1.04. The highest BCUT2D eigenvalue weighted by atomic mass is 32.2. The van der Waals surface area contributed by atoms with Gasteiger partial charge in [0.1, 0.15) is 0 Å². The molecule has 0 saturated heterocycles. The molecule has 17 heavy (non-hydrogen) atoms. The Balaban J connectivity index is 2.46. The van der Waals surface area contributed by atoms with Gasteiger partial charge in [-0.25, -0.2) is 13.6 Å². The van der Waals surface area contributed by atoms with Gasteiger partial charge in [-0.2, -0.15) is 0 Å². The number of hydrogen-bond acceptors (Lipinski definition) is 3. The highest BCUT2D eigenvalue weighted by molar-refractivity contribution is 7.89. The van der Waals surface area contributed by atoms with Crippen LogP contribution >= 0.6 is 0 Å². The van der Waals surface area contributed by atoms with Crippen LogP contribution in [0.2, 0.25) is 0 Å². The summed E-state index contributed by atoms with van der Waals surface area (Å²) in [6.45, 7) is 3.69. The second-order valence-corrected chi connectivity index (χ2v) is 5.27. The maximum absolute atomic E-state index is 11.0. The molecule has 1 rings (SSSR count). The van der Waals surface area contributed by atoms with E-state index >= 15 is 0 Å². The van der Waals surface area contributed by atoms with E-state index in [2.05, 4.69) is 5.32 Å². The van der Waals surface area contributed by atoms with Crippen molar-refractivity contribution in [2.45, 2.75) is 18.2 Å². The van der Waals surface area contributed by atoms with Crippen LogP contribution in [0, 0.1) is 0 Å². The third-order valence-corrected chi connectivity index (χ3v) is 3.27. The minimum Gasteiger partial charge on any atom is -0.313 e. The summed E-state index contributed by atoms with van der Waals surface area (Å²) in [5.74, 6) is 0. The van der Waals surface area contributed by atoms with E-state index in [1.54, 1.807) is 12.1 Å². The van der Waals surface area contributed by atoms with Crippen molar-refractivity contribution in [3.05, 3.63) is 42.0 Å². The number of rotatable bonds is 6. The number of nitrogens with one attached hydrogen (secondary N) is 1. The van der Waals surface area contributed by atoms with Crippen LogP contribution in [0.15, 0.2) is 41.3 Å². The van der Waals surface area contributed by atoms with Crippen molar-refractivity contribution in [3.8, 4) is 0 Å². The Kier molecular flexibility index (Phi) is 5.34. The molecule has 0 fully saturated rings. The lowest BCUT2D eigenvalue weighted by Gasteiger charge is -2.03. The fourth-order valence-corrected chi connectivity index (χ4v) is 1.90. The van der Waals surface area contributed by atoms with Gasteiger partial charge in [-0.3, -0.25) is 0 Å². The first-order valence-corrected chi connectivity index (χ1v) is 7.02. The second-order valence-electron chi connectivity index (χ2n) is 3.71. The Bertz CT molecular complexity index is 464. The number of nitrogens with two attached hydrogens (primary N) is 1. The monoisotopic (exact) mass is 254 g/mol. The minimum absolute atomic E-state index is 0.156. The summed E-state index contributed by atoms with van der Waals surface area (Å²) >= 11 is 0. The zero-order valence-corrected chi connectivity index (χ0v) is 10.7. The van der Waals surface area contributed by atoms with E-state index in [0.29, 0.717) is 0 Å². The number of benzene rings is 1. The Morgan fingerprint density at radius 1 is 1.29 bits per heavy atom. The van der Waals surface area contributed by atoms with Crippen molar-refractivity contribution in [2.24, 2.45) is 5.14 Å². The van der Waals surface area contributed by atoms with Gasteiger partial charge in [0, 0.05) is 6.54 Å². The summed E-state index contributed by atoms with van der Waals surface area (Å²) in [5, 5.41) is 8.26. The molecular formula is C12H18N2O2S. The predicted molar refractivity (Wildman–Crippen MR) is 69.2 cm³/mol. The van der Waals surface area contributed by atoms with Gasteiger partial charge in [-0.05, 0) is 37.6 Å². The first kappa shape index (κ1) is 13.9. The summed E-state index contributed by atoms with van der Waals surface area (Å²) < 4.78 is 22.1. The largest absolute Gasteiger partial charge is 0.313 e. The smallest absolute Gasteiger partial charge is 0.238 e. The van der Waals surface area contributed by atoms with Crippen LogP contribution in [0.25, 0.3) is 0 Å². The molecule has 0 radical (unpaired) electrons. The Morgan fingerprint density at radius 3 is 2.47 bits per heavy atom. The summed E-state index contributed by atoms with van der Waals surface area (Å²) in [6.07, 6.45) is 4.90. The molecular weight excluding hydrogens is 236 g/mol. The SMILES string of the molecule is C/C=C/CNCCc1ccc(S(N)(=O)=O)cc1. The molecule has 0 unspecified atom stereocenters. The Morgan fingerprint density at radius 2 is 1.94 bits per heavy atom. The Labute approximate surface area is 103 Å². The van der Waals surface area contributed by atoms with Gasteiger partial charge in [0.25, 0.3) is 0 Å². The van der Waals surface area contributed by atoms with E-state index in [1.807, 2.05) is 19.1 Å². The number of sulfonamides is 1. The molecule has 0 aliphatic carbocycles. The van der Waals surface area contributed by atoms with Gasteiger partial charge in [0.05, 0.1) is 4.90 Å². The summed E-state index contributed by atoms with van der Waals surface area (Å²) in [5.41, 5.74) is 1.09. The van der Waals surface area contributed by atoms with Crippen molar-refractivity contribution < 1.29 is 8.42 Å². The van der Waals surface area contributed by atoms with E-state index in [4.69, 9.17) is 5.14 Å². The van der Waals surface area contributed by atoms with Crippen LogP contribution in [0.1, 0.15) is 12.5 Å². The van der Waals surface area contributed by atoms with Gasteiger partial charge in [-0.15, -0.1) is 0 Å². The molecule has 0 atom stereocenters. The molecule has 0 aliphatic rings. The molecule has 0 amide bonds. The average Bonchev–Trinajstić information content (AvgIpc) is 2.28. The van der Waals surface area contributed by atoms with Crippen molar-refractivity contribution in [1.82, 2.24) is 5.32 Å². The van der Waals surface area contributed by atoms with Gasteiger partial charge >= 0.3 is 0 Å². The van der Waals surface area contributed by atoms with Gasteiger partial charge in [-0.1, -0.05) is 24.3 Å². The van der Waals surface area contributed by atoms with Crippen LogP contribution in [-0.2, 0) is 16.4 Å². The van der Waals surface area contributed by atoms with Crippen LogP contribution in [0.3, 0.4) is 0 Å². The van der Waals surface area contributed by atoms with Crippen LogP contribution in [-0.4, -0.2) is 21.5 Å². The van der Waals surface area contributed by atoms with E-state index in [0.717, 1.165) is 25.1 Å². The fourth-order valence-electron chi connectivity index (χ4n) is 1.38. The first-order chi connectivity index (χ1) is 8.04. The maximum Gasteiger partial charge on any atom is 0.238 e. The van der Waals surface area contributed by atoms with Crippen molar-refractivity contribution in [3.63, 3.8) is 0 Å². The summed E-state index contributed by atoms with van der Waals surface area (Å²) in [7, 11) is -3.58. The van der Waals surface area contributed by atoms with Gasteiger partial charge in [0.2, 0.25) is 10.0 Å². The topological polar surface area (TPSA) is 72.2 Å². The molecule has 1 aromatic carbocycles. The minimum atomic E-state index is -3.58. The van der Waals surface area contributed by atoms with E-state index in [-0.39, 0.29) is 4.90 Å². The number of hydrogen-bond donors (Lipinski definition) is 2. The zero-order valence-electron chi connectivity index (χ0n) is 9.89. The highest BCUT2D eigenvalue weighted by Gasteiger charge is 2.06. The molecule has 5 heteroatoms. The zero-order chi connectivity index (χ0) is 12.7. The molecule has 0 heterocycles. The van der Waals surface area contributed by atoms with Gasteiger partial charge < -0.3 is 5.32 Å². The molecule has 0 aromatic heterocycles. The van der Waals surface area contributed by atoms with Gasteiger partial charge in [0.15, 0.2) is 0 Å². The van der Waals surface area contributed by atoms with Crippen LogP contribution in [0.4, 0.5) is 0 Å². The molecule has 0 aliphatic heterocycles. The average molecular weight is 254 g/mol. The Hall–Kier alpha value is -1.17. The maximum atomic E-state index is 11.0. The standard InChI is InChI=1S/C12H18N2O2S/c1-2-3-9-14-10-8-11-4-6-12(7-5-11)17(13,15)16/h2-7,14H,8-10H2,1H3,(H2,13,15,16)/b3-2+. The second kappa shape index (κ2) is 6.54. The molecule has 0 spiro atoms. The number of primary sulfonamides is 1. The van der Waals surface area contributed by atoms with Crippen LogP contribution < -0.4 is 10.5 Å². The molecule has 4 nitrogen and oxygen atoms in total. The first-order valence-electron chi connectivity index (χ1n) is 5.47. The lowest BCUT2D eigenvalue weighted by atomic mass is 10.1. The van der Waals surface area contributed by atoms with Crippen LogP contribution in [0.5, 0.6) is 0 Å². The van der Waals surface area contributed by atoms with Crippen molar-refractivity contribution in [1.29, 1.82) is 0 Å². The molecule has 0 saturated carbocycles. The highest BCUT2D eigenvalue weighted by Crippen LogP contribution is 2.08. The molecule has 94 valence electrons. The third-order valence-electron chi connectivity index (χ3n) is 2.34. The molecule has 0 bridgehead atoms. The summed E-state index contributed by atoms with van der Waals surface area (Å²) in [6, 6.07) is 6.65. The molecule has 1 aromatic rings. The lowest BCUT2D eigenvalue weighted by molar-refractivity contribution is 0.597. The lowest BCUT2D eigenvalue weighted by Crippen LogP contribution is -2.17. The van der Waals surface area contributed by atoms with E-state index in [1.165, 1.54) is 12.1 Å². The van der Waals surface area contributed by atoms with E-state index in [9.17, 15) is 8.42 Å². The summed E-state index contributed by atoms with van der Waals surface area (Å²) in [4.78, 5) is 0.156. The third kappa shape index (κ3) is 5.12. The normalized spacial score (nSPS) is 12.1. The quantitative estimate of drug-likeness (QED) is 0.588. The fraction of sp³-hybridized carbons (Fsp3) is 0.333. The van der Waals surface area contributed by atoms with E-state index < -0.39 is 10.0 Å². The van der Waals surface area contributed by atoms with Crippen molar-refractivity contribution >= 4 is 10.0 Å².